The molecule has 0 spiro atoms. The van der Waals surface area contributed by atoms with E-state index in [-0.39, 0.29) is 12.5 Å². The molecule has 0 aliphatic heterocycles. The molecule has 0 amide bonds. The van der Waals surface area contributed by atoms with Gasteiger partial charge in [0.15, 0.2) is 0 Å². The lowest BCUT2D eigenvalue weighted by molar-refractivity contribution is 0.268. The van der Waals surface area contributed by atoms with Crippen molar-refractivity contribution in [2.75, 3.05) is 13.2 Å². The van der Waals surface area contributed by atoms with Crippen molar-refractivity contribution in [1.29, 1.82) is 0 Å². The molecule has 4 nitrogen and oxygen atoms in total. The van der Waals surface area contributed by atoms with Gasteiger partial charge in [-0.15, -0.1) is 0 Å². The monoisotopic (exact) mass is 155 g/mol. The van der Waals surface area contributed by atoms with Gasteiger partial charge < -0.3 is 10.8 Å². The highest BCUT2D eigenvalue weighted by atomic mass is 16.3. The maximum absolute atomic E-state index is 8.87. The van der Waals surface area contributed by atoms with Gasteiger partial charge in [-0.3, -0.25) is 4.68 Å². The van der Waals surface area contributed by atoms with Crippen LogP contribution in [0.3, 0.4) is 0 Å². The van der Waals surface area contributed by atoms with Crippen LogP contribution in [0.1, 0.15) is 11.5 Å². The first-order valence-corrected chi connectivity index (χ1v) is 3.57. The SMILES string of the molecule is Cn1cc(C(CN)CO)cn1. The number of aryl methyl sites for hydroxylation is 1. The molecule has 1 aromatic rings. The molecular formula is C7H13N3O. The molecule has 0 aliphatic carbocycles. The second-order valence-corrected chi connectivity index (χ2v) is 2.56. The lowest BCUT2D eigenvalue weighted by Crippen LogP contribution is -2.15. The summed E-state index contributed by atoms with van der Waals surface area (Å²) in [5.74, 6) is 0.0312. The summed E-state index contributed by atoms with van der Waals surface area (Å²) in [6.07, 6.45) is 3.60. The van der Waals surface area contributed by atoms with Crippen molar-refractivity contribution >= 4 is 0 Å². The fraction of sp³-hybridized carbons (Fsp3) is 0.571. The van der Waals surface area contributed by atoms with Crippen LogP contribution in [0, 0.1) is 0 Å². The lowest BCUT2D eigenvalue weighted by Gasteiger charge is -2.06. The van der Waals surface area contributed by atoms with E-state index >= 15 is 0 Å². The third-order valence-electron chi connectivity index (χ3n) is 1.70. The van der Waals surface area contributed by atoms with E-state index in [1.54, 1.807) is 10.9 Å². The van der Waals surface area contributed by atoms with E-state index in [0.29, 0.717) is 6.54 Å². The number of rotatable bonds is 3. The van der Waals surface area contributed by atoms with Gasteiger partial charge in [0.1, 0.15) is 0 Å². The van der Waals surface area contributed by atoms with Gasteiger partial charge in [-0.1, -0.05) is 0 Å². The molecule has 11 heavy (non-hydrogen) atoms. The maximum atomic E-state index is 8.87. The van der Waals surface area contributed by atoms with E-state index in [4.69, 9.17) is 10.8 Å². The van der Waals surface area contributed by atoms with Crippen molar-refractivity contribution in [1.82, 2.24) is 9.78 Å². The summed E-state index contributed by atoms with van der Waals surface area (Å²) in [6.45, 7) is 0.546. The molecule has 62 valence electrons. The Morgan fingerprint density at radius 3 is 2.91 bits per heavy atom. The number of aliphatic hydroxyl groups is 1. The standard InChI is InChI=1S/C7H13N3O/c1-10-4-7(3-9-10)6(2-8)5-11/h3-4,6,11H,2,5,8H2,1H3. The average Bonchev–Trinajstić information content (AvgIpc) is 2.39. The van der Waals surface area contributed by atoms with Gasteiger partial charge in [-0.25, -0.2) is 0 Å². The second-order valence-electron chi connectivity index (χ2n) is 2.56. The van der Waals surface area contributed by atoms with Crippen LogP contribution in [-0.4, -0.2) is 28.0 Å². The molecule has 1 heterocycles. The minimum absolute atomic E-state index is 0.0312. The smallest absolute Gasteiger partial charge is 0.0525 e. The predicted molar refractivity (Wildman–Crippen MR) is 42.1 cm³/mol. The van der Waals surface area contributed by atoms with Crippen LogP contribution in [0.5, 0.6) is 0 Å². The fourth-order valence-electron chi connectivity index (χ4n) is 0.967. The average molecular weight is 155 g/mol. The van der Waals surface area contributed by atoms with Gasteiger partial charge >= 0.3 is 0 Å². The van der Waals surface area contributed by atoms with Crippen molar-refractivity contribution in [3.05, 3.63) is 18.0 Å². The molecule has 0 aromatic carbocycles. The first-order valence-electron chi connectivity index (χ1n) is 3.57. The van der Waals surface area contributed by atoms with E-state index < -0.39 is 0 Å². The zero-order chi connectivity index (χ0) is 8.27. The minimum atomic E-state index is 0.0312. The Kier molecular flexibility index (Phi) is 2.62. The molecule has 0 fully saturated rings. The van der Waals surface area contributed by atoms with Crippen LogP contribution in [-0.2, 0) is 7.05 Å². The molecule has 4 heteroatoms. The van der Waals surface area contributed by atoms with Crippen molar-refractivity contribution < 1.29 is 5.11 Å². The molecular weight excluding hydrogens is 142 g/mol. The van der Waals surface area contributed by atoms with Crippen molar-refractivity contribution in [3.8, 4) is 0 Å². The Morgan fingerprint density at radius 2 is 2.55 bits per heavy atom. The zero-order valence-electron chi connectivity index (χ0n) is 6.57. The van der Waals surface area contributed by atoms with Crippen molar-refractivity contribution in [2.24, 2.45) is 12.8 Å². The summed E-state index contributed by atoms with van der Waals surface area (Å²) >= 11 is 0. The van der Waals surface area contributed by atoms with Gasteiger partial charge in [-0.2, -0.15) is 5.10 Å². The fourth-order valence-corrected chi connectivity index (χ4v) is 0.967. The van der Waals surface area contributed by atoms with Crippen LogP contribution in [0.25, 0.3) is 0 Å². The maximum Gasteiger partial charge on any atom is 0.0525 e. The van der Waals surface area contributed by atoms with Crippen molar-refractivity contribution in [2.45, 2.75) is 5.92 Å². The van der Waals surface area contributed by atoms with E-state index in [2.05, 4.69) is 5.10 Å². The van der Waals surface area contributed by atoms with Crippen LogP contribution in [0.4, 0.5) is 0 Å². The number of aromatic nitrogens is 2. The lowest BCUT2D eigenvalue weighted by atomic mass is 10.1. The summed E-state index contributed by atoms with van der Waals surface area (Å²) in [5.41, 5.74) is 6.43. The van der Waals surface area contributed by atoms with Crippen LogP contribution in [0.15, 0.2) is 12.4 Å². The molecule has 1 aromatic heterocycles. The molecule has 0 aliphatic rings. The topological polar surface area (TPSA) is 64.1 Å². The van der Waals surface area contributed by atoms with E-state index in [9.17, 15) is 0 Å². The van der Waals surface area contributed by atoms with Crippen LogP contribution in [0.2, 0.25) is 0 Å². The molecule has 1 unspecified atom stereocenters. The van der Waals surface area contributed by atoms with E-state index in [0.717, 1.165) is 5.56 Å². The van der Waals surface area contributed by atoms with Crippen molar-refractivity contribution in [3.63, 3.8) is 0 Å². The highest BCUT2D eigenvalue weighted by Gasteiger charge is 2.08. The number of hydrogen-bond acceptors (Lipinski definition) is 3. The largest absolute Gasteiger partial charge is 0.396 e. The third-order valence-corrected chi connectivity index (χ3v) is 1.70. The molecule has 1 rings (SSSR count). The summed E-state index contributed by atoms with van der Waals surface area (Å²) in [4.78, 5) is 0. The first-order chi connectivity index (χ1) is 5.27. The van der Waals surface area contributed by atoms with Gasteiger partial charge in [0.25, 0.3) is 0 Å². The number of aliphatic hydroxyl groups excluding tert-OH is 1. The van der Waals surface area contributed by atoms with Gasteiger partial charge in [0.2, 0.25) is 0 Å². The summed E-state index contributed by atoms with van der Waals surface area (Å²) in [7, 11) is 1.84. The Labute approximate surface area is 65.6 Å². The van der Waals surface area contributed by atoms with Gasteiger partial charge in [-0.05, 0) is 5.56 Å². The quantitative estimate of drug-likeness (QED) is 0.616. The molecule has 3 N–H and O–H groups in total. The van der Waals surface area contributed by atoms with E-state index in [1.165, 1.54) is 0 Å². The van der Waals surface area contributed by atoms with Crippen LogP contribution < -0.4 is 5.73 Å². The Balaban J connectivity index is 2.73. The highest BCUT2D eigenvalue weighted by Crippen LogP contribution is 2.11. The summed E-state index contributed by atoms with van der Waals surface area (Å²) in [6, 6.07) is 0. The summed E-state index contributed by atoms with van der Waals surface area (Å²) < 4.78 is 1.70. The number of nitrogens with zero attached hydrogens (tertiary/aromatic N) is 2. The zero-order valence-corrected chi connectivity index (χ0v) is 6.57. The molecule has 0 bridgehead atoms. The van der Waals surface area contributed by atoms with Gasteiger partial charge in [0.05, 0.1) is 12.8 Å². The Hall–Kier alpha value is -0.870. The van der Waals surface area contributed by atoms with E-state index in [1.807, 2.05) is 13.2 Å². The highest BCUT2D eigenvalue weighted by molar-refractivity contribution is 5.11. The molecule has 0 saturated carbocycles. The molecule has 0 radical (unpaired) electrons. The minimum Gasteiger partial charge on any atom is -0.396 e. The third kappa shape index (κ3) is 1.78. The second kappa shape index (κ2) is 3.50. The molecule has 0 saturated heterocycles. The van der Waals surface area contributed by atoms with Gasteiger partial charge in [0, 0.05) is 25.7 Å². The first kappa shape index (κ1) is 8.23. The molecule has 1 atom stereocenters. The number of nitrogens with two attached hydrogens (primary N) is 1. The Bertz CT molecular complexity index is 217. The normalized spacial score (nSPS) is 13.4. The predicted octanol–water partition coefficient (Wildman–Crippen LogP) is -0.545. The summed E-state index contributed by atoms with van der Waals surface area (Å²) in [5, 5.41) is 12.9. The van der Waals surface area contributed by atoms with Crippen LogP contribution >= 0.6 is 0 Å². The number of hydrogen-bond donors (Lipinski definition) is 2. The Morgan fingerprint density at radius 1 is 1.82 bits per heavy atom.